The quantitative estimate of drug-likeness (QED) is 0.709. The van der Waals surface area contributed by atoms with Crippen molar-refractivity contribution < 1.29 is 21.7 Å². The normalized spacial score (nSPS) is 12.6. The zero-order valence-electron chi connectivity index (χ0n) is 10.8. The Morgan fingerprint density at radius 1 is 1.00 bits per heavy atom. The maximum atomic E-state index is 12.1. The van der Waals surface area contributed by atoms with Crippen molar-refractivity contribution in [2.45, 2.75) is 10.9 Å². The molecule has 0 aliphatic carbocycles. The van der Waals surface area contributed by atoms with E-state index in [1.165, 1.54) is 21.3 Å². The van der Waals surface area contributed by atoms with Crippen LogP contribution in [0.4, 0.5) is 0 Å². The van der Waals surface area contributed by atoms with Crippen molar-refractivity contribution in [1.82, 2.24) is 0 Å². The maximum absolute atomic E-state index is 12.1. The molecule has 1 aromatic carbocycles. The summed E-state index contributed by atoms with van der Waals surface area (Å²) < 4.78 is 39.8. The summed E-state index contributed by atoms with van der Waals surface area (Å²) >= 11 is 0. The highest BCUT2D eigenvalue weighted by Crippen LogP contribution is 2.18. The second kappa shape index (κ2) is 6.44. The molecule has 18 heavy (non-hydrogen) atoms. The van der Waals surface area contributed by atoms with E-state index in [9.17, 15) is 8.42 Å². The van der Waals surface area contributed by atoms with Crippen LogP contribution >= 0.6 is 0 Å². The minimum atomic E-state index is -3.33. The van der Waals surface area contributed by atoms with E-state index in [4.69, 9.17) is 13.3 Å². The number of benzene rings is 1. The molecule has 0 aliphatic rings. The van der Waals surface area contributed by atoms with E-state index < -0.39 is 18.6 Å². The lowest BCUT2D eigenvalue weighted by Gasteiger charge is -2.24. The minimum Gasteiger partial charge on any atom is -0.377 e. The molecular formula is C11H18O5SSi. The highest BCUT2D eigenvalue weighted by molar-refractivity contribution is 7.91. The highest BCUT2D eigenvalue weighted by atomic mass is 32.2. The third kappa shape index (κ3) is 3.63. The van der Waals surface area contributed by atoms with E-state index >= 15 is 0 Å². The fourth-order valence-electron chi connectivity index (χ4n) is 1.56. The summed E-state index contributed by atoms with van der Waals surface area (Å²) in [4.78, 5) is 0.302. The number of hydrogen-bond donors (Lipinski definition) is 0. The lowest BCUT2D eigenvalue weighted by atomic mass is 10.4. The van der Waals surface area contributed by atoms with Gasteiger partial charge >= 0.3 is 8.80 Å². The van der Waals surface area contributed by atoms with E-state index in [0.717, 1.165) is 0 Å². The minimum absolute atomic E-state index is 0.0568. The first-order valence-electron chi connectivity index (χ1n) is 5.43. The molecule has 0 saturated carbocycles. The molecule has 0 bridgehead atoms. The molecule has 1 rings (SSSR count). The second-order valence-corrected chi connectivity index (χ2v) is 8.88. The van der Waals surface area contributed by atoms with Gasteiger partial charge in [0.25, 0.3) is 0 Å². The molecule has 0 saturated heterocycles. The summed E-state index contributed by atoms with van der Waals surface area (Å²) in [5.74, 6) is -0.0568. The van der Waals surface area contributed by atoms with Gasteiger partial charge in [-0.05, 0) is 12.1 Å². The molecule has 1 aromatic rings. The van der Waals surface area contributed by atoms with Gasteiger partial charge in [0, 0.05) is 27.4 Å². The monoisotopic (exact) mass is 290 g/mol. The van der Waals surface area contributed by atoms with E-state index in [1.807, 2.05) is 0 Å². The summed E-state index contributed by atoms with van der Waals surface area (Å²) in [6.45, 7) is 0. The third-order valence-electron chi connectivity index (χ3n) is 2.71. The molecule has 0 unspecified atom stereocenters. The van der Waals surface area contributed by atoms with Gasteiger partial charge in [-0.1, -0.05) is 18.2 Å². The summed E-state index contributed by atoms with van der Waals surface area (Å²) in [6.07, 6.45) is 0. The Kier molecular flexibility index (Phi) is 5.48. The molecule has 0 radical (unpaired) electrons. The molecule has 102 valence electrons. The molecule has 0 amide bonds. The van der Waals surface area contributed by atoms with Gasteiger partial charge in [-0.25, -0.2) is 8.42 Å². The summed E-state index contributed by atoms with van der Waals surface area (Å²) in [6, 6.07) is 8.54. The largest absolute Gasteiger partial charge is 0.501 e. The molecule has 0 spiro atoms. The average Bonchev–Trinajstić information content (AvgIpc) is 2.42. The predicted octanol–water partition coefficient (Wildman–Crippen LogP) is 1.34. The van der Waals surface area contributed by atoms with Gasteiger partial charge in [0.15, 0.2) is 9.84 Å². The van der Waals surface area contributed by atoms with E-state index in [2.05, 4.69) is 0 Å². The zero-order valence-corrected chi connectivity index (χ0v) is 12.6. The standard InChI is InChI=1S/C11H18O5SSi/c1-14-18(15-2,16-3)10-9-17(12,13)11-7-5-4-6-8-11/h4-8H,9-10H2,1-3H3. The van der Waals surface area contributed by atoms with Gasteiger partial charge in [-0.15, -0.1) is 0 Å². The SMILES string of the molecule is CO[Si](CCS(=O)(=O)c1ccccc1)(OC)OC. The highest BCUT2D eigenvalue weighted by Gasteiger charge is 2.39. The van der Waals surface area contributed by atoms with Crippen LogP contribution in [-0.2, 0) is 23.1 Å². The van der Waals surface area contributed by atoms with Crippen molar-refractivity contribution in [3.63, 3.8) is 0 Å². The van der Waals surface area contributed by atoms with E-state index in [-0.39, 0.29) is 11.8 Å². The Morgan fingerprint density at radius 3 is 1.94 bits per heavy atom. The van der Waals surface area contributed by atoms with Crippen molar-refractivity contribution >= 4 is 18.6 Å². The van der Waals surface area contributed by atoms with Gasteiger partial charge in [0.2, 0.25) is 0 Å². The molecule has 0 fully saturated rings. The zero-order chi connectivity index (χ0) is 13.6. The first kappa shape index (κ1) is 15.3. The Bertz CT molecular complexity index is 447. The van der Waals surface area contributed by atoms with Crippen molar-refractivity contribution in [1.29, 1.82) is 0 Å². The molecule has 0 N–H and O–H groups in total. The molecule has 0 aliphatic heterocycles. The van der Waals surface area contributed by atoms with E-state index in [0.29, 0.717) is 4.90 Å². The maximum Gasteiger partial charge on any atom is 0.501 e. The van der Waals surface area contributed by atoms with Gasteiger partial charge in [-0.3, -0.25) is 0 Å². The third-order valence-corrected chi connectivity index (χ3v) is 7.54. The van der Waals surface area contributed by atoms with Crippen molar-refractivity contribution in [2.24, 2.45) is 0 Å². The van der Waals surface area contributed by atoms with Crippen LogP contribution in [0.3, 0.4) is 0 Å². The van der Waals surface area contributed by atoms with Crippen LogP contribution in [0.25, 0.3) is 0 Å². The van der Waals surface area contributed by atoms with Gasteiger partial charge in [0.05, 0.1) is 10.6 Å². The van der Waals surface area contributed by atoms with Gasteiger partial charge in [0.1, 0.15) is 0 Å². The summed E-state index contributed by atoms with van der Waals surface area (Å²) in [5, 5.41) is 0. The Hall–Kier alpha value is -0.733. The van der Waals surface area contributed by atoms with Gasteiger partial charge < -0.3 is 13.3 Å². The first-order valence-corrected chi connectivity index (χ1v) is 9.01. The predicted molar refractivity (Wildman–Crippen MR) is 70.1 cm³/mol. The fourth-order valence-corrected chi connectivity index (χ4v) is 5.56. The Morgan fingerprint density at radius 2 is 1.50 bits per heavy atom. The molecular weight excluding hydrogens is 272 g/mol. The van der Waals surface area contributed by atoms with Crippen LogP contribution in [0.1, 0.15) is 0 Å². The summed E-state index contributed by atoms with van der Waals surface area (Å²) in [7, 11) is -1.77. The fraction of sp³-hybridized carbons (Fsp3) is 0.455. The smallest absolute Gasteiger partial charge is 0.377 e. The first-order chi connectivity index (χ1) is 8.49. The molecule has 5 nitrogen and oxygen atoms in total. The lowest BCUT2D eigenvalue weighted by molar-refractivity contribution is 0.125. The van der Waals surface area contributed by atoms with Crippen LogP contribution in [-0.4, -0.2) is 44.3 Å². The van der Waals surface area contributed by atoms with Crippen LogP contribution < -0.4 is 0 Å². The second-order valence-electron chi connectivity index (χ2n) is 3.68. The van der Waals surface area contributed by atoms with Crippen LogP contribution in [0.15, 0.2) is 35.2 Å². The Labute approximate surface area is 109 Å². The molecule has 0 heterocycles. The Balaban J connectivity index is 2.79. The van der Waals surface area contributed by atoms with Crippen LogP contribution in [0.5, 0.6) is 0 Å². The number of rotatable bonds is 7. The average molecular weight is 290 g/mol. The van der Waals surface area contributed by atoms with Crippen LogP contribution in [0, 0.1) is 0 Å². The summed E-state index contributed by atoms with van der Waals surface area (Å²) in [5.41, 5.74) is 0. The number of sulfone groups is 1. The van der Waals surface area contributed by atoms with Crippen molar-refractivity contribution in [2.75, 3.05) is 27.1 Å². The molecule has 7 heteroatoms. The topological polar surface area (TPSA) is 61.8 Å². The molecule has 0 aromatic heterocycles. The van der Waals surface area contributed by atoms with Crippen molar-refractivity contribution in [3.8, 4) is 0 Å². The van der Waals surface area contributed by atoms with E-state index in [1.54, 1.807) is 30.3 Å². The van der Waals surface area contributed by atoms with Crippen LogP contribution in [0.2, 0.25) is 6.04 Å². The number of hydrogen-bond acceptors (Lipinski definition) is 5. The van der Waals surface area contributed by atoms with Crippen molar-refractivity contribution in [3.05, 3.63) is 30.3 Å². The lowest BCUT2D eigenvalue weighted by Crippen LogP contribution is -2.44. The van der Waals surface area contributed by atoms with Gasteiger partial charge in [-0.2, -0.15) is 0 Å². The molecule has 0 atom stereocenters.